The summed E-state index contributed by atoms with van der Waals surface area (Å²) in [6.45, 7) is 4.54. The maximum absolute atomic E-state index is 12.5. The largest absolute Gasteiger partial charge is 0.338 e. The molecule has 0 radical (unpaired) electrons. The van der Waals surface area contributed by atoms with E-state index in [1.54, 1.807) is 4.57 Å². The van der Waals surface area contributed by atoms with Crippen molar-refractivity contribution in [2.45, 2.75) is 31.3 Å². The van der Waals surface area contributed by atoms with Gasteiger partial charge in [0.25, 0.3) is 5.56 Å². The molecule has 3 heterocycles. The van der Waals surface area contributed by atoms with Crippen LogP contribution in [0, 0.1) is 6.92 Å². The van der Waals surface area contributed by atoms with Crippen LogP contribution in [0.25, 0.3) is 21.6 Å². The molecule has 132 valence electrons. The van der Waals surface area contributed by atoms with Gasteiger partial charge in [-0.25, -0.2) is 4.98 Å². The van der Waals surface area contributed by atoms with Crippen molar-refractivity contribution in [3.05, 3.63) is 57.5 Å². The Kier molecular flexibility index (Phi) is 4.60. The molecule has 4 rings (SSSR count). The van der Waals surface area contributed by atoms with Gasteiger partial charge >= 0.3 is 0 Å². The van der Waals surface area contributed by atoms with Crippen LogP contribution >= 0.6 is 23.1 Å². The van der Waals surface area contributed by atoms with E-state index in [0.29, 0.717) is 33.9 Å². The Bertz CT molecular complexity index is 1110. The van der Waals surface area contributed by atoms with Gasteiger partial charge in [-0.3, -0.25) is 9.36 Å². The average Bonchev–Trinajstić information content (AvgIpc) is 3.30. The molecule has 0 aliphatic rings. The van der Waals surface area contributed by atoms with E-state index >= 15 is 0 Å². The fourth-order valence-electron chi connectivity index (χ4n) is 2.57. The van der Waals surface area contributed by atoms with Gasteiger partial charge in [-0.1, -0.05) is 46.7 Å². The number of aryl methyl sites for hydroxylation is 1. The minimum absolute atomic E-state index is 0.000809. The topological polar surface area (TPSA) is 73.8 Å². The third-order valence-corrected chi connectivity index (χ3v) is 5.80. The number of nitrogens with zero attached hydrogens (tertiary/aromatic N) is 4. The summed E-state index contributed by atoms with van der Waals surface area (Å²) < 4.78 is 7.72. The van der Waals surface area contributed by atoms with Crippen LogP contribution in [-0.4, -0.2) is 19.7 Å². The Morgan fingerprint density at radius 2 is 2.00 bits per heavy atom. The van der Waals surface area contributed by atoms with Crippen molar-refractivity contribution in [1.82, 2.24) is 19.7 Å². The Morgan fingerprint density at radius 1 is 1.19 bits per heavy atom. The van der Waals surface area contributed by atoms with E-state index in [-0.39, 0.29) is 5.56 Å². The normalized spacial score (nSPS) is 11.3. The van der Waals surface area contributed by atoms with E-state index in [1.165, 1.54) is 28.7 Å². The predicted molar refractivity (Wildman–Crippen MR) is 104 cm³/mol. The molecule has 0 fully saturated rings. The monoisotopic (exact) mass is 384 g/mol. The first-order valence-electron chi connectivity index (χ1n) is 8.16. The summed E-state index contributed by atoms with van der Waals surface area (Å²) in [6, 6.07) is 9.84. The maximum Gasteiger partial charge on any atom is 0.272 e. The molecule has 0 spiro atoms. The Balaban J connectivity index is 1.57. The number of hydrogen-bond acceptors (Lipinski definition) is 7. The molecule has 0 amide bonds. The molecule has 0 atom stereocenters. The number of hydrogen-bond donors (Lipinski definition) is 0. The van der Waals surface area contributed by atoms with Crippen LogP contribution in [0.5, 0.6) is 0 Å². The summed E-state index contributed by atoms with van der Waals surface area (Å²) in [5, 5.41) is 6.60. The SMILES string of the molecule is CCn1c(SCc2nc(-c3ccc(C)cc3)no2)nc2ccsc2c1=O. The number of rotatable bonds is 5. The standard InChI is InChI=1S/C18H16N4O2S2/c1-3-22-17(23)15-13(8-9-25-15)19-18(22)26-10-14-20-16(21-24-14)12-6-4-11(2)5-7-12/h4-9H,3,10H2,1-2H3. The van der Waals surface area contributed by atoms with Crippen molar-refractivity contribution in [3.8, 4) is 11.4 Å². The molecule has 0 saturated carbocycles. The fraction of sp³-hybridized carbons (Fsp3) is 0.222. The lowest BCUT2D eigenvalue weighted by molar-refractivity contribution is 0.391. The van der Waals surface area contributed by atoms with Gasteiger partial charge in [0.1, 0.15) is 4.70 Å². The summed E-state index contributed by atoms with van der Waals surface area (Å²) in [4.78, 5) is 21.6. The van der Waals surface area contributed by atoms with Gasteiger partial charge in [0.05, 0.1) is 11.3 Å². The number of fused-ring (bicyclic) bond motifs is 1. The first-order valence-corrected chi connectivity index (χ1v) is 10.0. The number of aromatic nitrogens is 4. The molecule has 0 aliphatic heterocycles. The molecule has 0 N–H and O–H groups in total. The van der Waals surface area contributed by atoms with E-state index in [4.69, 9.17) is 4.52 Å². The minimum atomic E-state index is 0.000809. The number of thiophene rings is 1. The smallest absolute Gasteiger partial charge is 0.272 e. The fourth-order valence-corrected chi connectivity index (χ4v) is 4.25. The van der Waals surface area contributed by atoms with Gasteiger partial charge in [-0.2, -0.15) is 4.98 Å². The molecule has 0 bridgehead atoms. The molecule has 8 heteroatoms. The lowest BCUT2D eigenvalue weighted by Crippen LogP contribution is -2.21. The minimum Gasteiger partial charge on any atom is -0.338 e. The number of thioether (sulfide) groups is 1. The third-order valence-electron chi connectivity index (χ3n) is 3.95. The molecule has 1 aromatic carbocycles. The maximum atomic E-state index is 12.5. The van der Waals surface area contributed by atoms with Crippen molar-refractivity contribution in [2.24, 2.45) is 0 Å². The van der Waals surface area contributed by atoms with Crippen molar-refractivity contribution < 1.29 is 4.52 Å². The molecule has 6 nitrogen and oxygen atoms in total. The van der Waals surface area contributed by atoms with Crippen molar-refractivity contribution in [3.63, 3.8) is 0 Å². The van der Waals surface area contributed by atoms with E-state index in [1.807, 2.05) is 49.6 Å². The van der Waals surface area contributed by atoms with Crippen molar-refractivity contribution in [1.29, 1.82) is 0 Å². The van der Waals surface area contributed by atoms with Gasteiger partial charge in [0.15, 0.2) is 5.16 Å². The molecular weight excluding hydrogens is 368 g/mol. The highest BCUT2D eigenvalue weighted by molar-refractivity contribution is 7.98. The van der Waals surface area contributed by atoms with E-state index in [9.17, 15) is 4.79 Å². The zero-order chi connectivity index (χ0) is 18.1. The second-order valence-electron chi connectivity index (χ2n) is 5.75. The first kappa shape index (κ1) is 17.0. The van der Waals surface area contributed by atoms with E-state index in [0.717, 1.165) is 11.1 Å². The van der Waals surface area contributed by atoms with Crippen LogP contribution in [0.1, 0.15) is 18.4 Å². The van der Waals surface area contributed by atoms with Crippen LogP contribution in [0.15, 0.2) is 50.2 Å². The molecule has 0 unspecified atom stereocenters. The lowest BCUT2D eigenvalue weighted by Gasteiger charge is -2.08. The molecule has 4 aromatic rings. The zero-order valence-electron chi connectivity index (χ0n) is 14.3. The van der Waals surface area contributed by atoms with Crippen molar-refractivity contribution >= 4 is 33.3 Å². The van der Waals surface area contributed by atoms with Gasteiger partial charge in [0, 0.05) is 12.1 Å². The van der Waals surface area contributed by atoms with E-state index < -0.39 is 0 Å². The zero-order valence-corrected chi connectivity index (χ0v) is 15.9. The van der Waals surface area contributed by atoms with Crippen LogP contribution in [-0.2, 0) is 12.3 Å². The lowest BCUT2D eigenvalue weighted by atomic mass is 10.1. The molecular formula is C18H16N4O2S2. The van der Waals surface area contributed by atoms with Gasteiger partial charge in [0.2, 0.25) is 11.7 Å². The summed E-state index contributed by atoms with van der Waals surface area (Å²) in [7, 11) is 0. The highest BCUT2D eigenvalue weighted by Gasteiger charge is 2.14. The van der Waals surface area contributed by atoms with Crippen LogP contribution in [0.2, 0.25) is 0 Å². The van der Waals surface area contributed by atoms with E-state index in [2.05, 4.69) is 15.1 Å². The highest BCUT2D eigenvalue weighted by atomic mass is 32.2. The van der Waals surface area contributed by atoms with Gasteiger partial charge < -0.3 is 4.52 Å². The predicted octanol–water partition coefficient (Wildman–Crippen LogP) is 4.13. The quantitative estimate of drug-likeness (QED) is 0.380. The summed E-state index contributed by atoms with van der Waals surface area (Å²) in [5.41, 5.74) is 2.83. The van der Waals surface area contributed by atoms with Crippen LogP contribution in [0.3, 0.4) is 0 Å². The second kappa shape index (κ2) is 7.05. The number of benzene rings is 1. The van der Waals surface area contributed by atoms with Gasteiger partial charge in [-0.05, 0) is 25.3 Å². The molecule has 0 aliphatic carbocycles. The Labute approximate surface area is 157 Å². The summed E-state index contributed by atoms with van der Waals surface area (Å²) >= 11 is 2.85. The Hall–Kier alpha value is -2.45. The average molecular weight is 384 g/mol. The Morgan fingerprint density at radius 3 is 2.77 bits per heavy atom. The highest BCUT2D eigenvalue weighted by Crippen LogP contribution is 2.24. The molecule has 0 saturated heterocycles. The second-order valence-corrected chi connectivity index (χ2v) is 7.60. The molecule has 26 heavy (non-hydrogen) atoms. The molecule has 3 aromatic heterocycles. The summed E-state index contributed by atoms with van der Waals surface area (Å²) in [6.07, 6.45) is 0. The van der Waals surface area contributed by atoms with Gasteiger partial charge in [-0.15, -0.1) is 11.3 Å². The van der Waals surface area contributed by atoms with Crippen LogP contribution in [0.4, 0.5) is 0 Å². The first-order chi connectivity index (χ1) is 12.7. The third kappa shape index (κ3) is 3.17. The summed E-state index contributed by atoms with van der Waals surface area (Å²) in [5.74, 6) is 1.53. The van der Waals surface area contributed by atoms with Crippen LogP contribution < -0.4 is 5.56 Å². The van der Waals surface area contributed by atoms with Crippen molar-refractivity contribution in [2.75, 3.05) is 0 Å².